The number of ether oxygens (including phenoxy) is 2. The second-order valence-electron chi connectivity index (χ2n) is 13.3. The fourth-order valence-corrected chi connectivity index (χ4v) is 7.92. The number of nitrogens with one attached hydrogen (secondary N) is 1. The van der Waals surface area contributed by atoms with Gasteiger partial charge in [0.05, 0.1) is 19.8 Å². The molecular weight excluding hydrogens is 669 g/mol. The Morgan fingerprint density at radius 1 is 1.23 bits per heavy atom. The molecule has 13 heteroatoms. The summed E-state index contributed by atoms with van der Waals surface area (Å²) in [6.07, 6.45) is 3.25. The first-order valence-electron chi connectivity index (χ1n) is 16.4. The Labute approximate surface area is 293 Å². The van der Waals surface area contributed by atoms with Crippen LogP contribution in [0.5, 0.6) is 5.75 Å². The van der Waals surface area contributed by atoms with E-state index >= 15 is 0 Å². The molecule has 3 aromatic rings. The minimum absolute atomic E-state index is 0.0236. The fourth-order valence-electron chi connectivity index (χ4n) is 5.06. The molecule has 0 atom stereocenters. The van der Waals surface area contributed by atoms with Crippen molar-refractivity contribution in [3.05, 3.63) is 56.4 Å². The predicted octanol–water partition coefficient (Wildman–Crippen LogP) is 7.25. The molecule has 1 N–H and O–H groups in total. The van der Waals surface area contributed by atoms with E-state index in [1.54, 1.807) is 19.1 Å². The van der Waals surface area contributed by atoms with Crippen LogP contribution >= 0.6 is 22.9 Å². The number of hydrogen-bond acceptors (Lipinski definition) is 10. The zero-order valence-corrected chi connectivity index (χ0v) is 31.5. The van der Waals surface area contributed by atoms with E-state index in [2.05, 4.69) is 66.2 Å². The van der Waals surface area contributed by atoms with Crippen LogP contribution in [0.4, 0.5) is 15.3 Å². The third-order valence-electron chi connectivity index (χ3n) is 9.00. The molecular formula is C35H45ClFN5O4SSi. The van der Waals surface area contributed by atoms with Gasteiger partial charge in [-0.05, 0) is 68.3 Å². The largest absolute Gasteiger partial charge is 0.491 e. The molecule has 9 nitrogen and oxygen atoms in total. The first-order chi connectivity index (χ1) is 22.7. The van der Waals surface area contributed by atoms with Crippen molar-refractivity contribution in [3.8, 4) is 17.6 Å². The van der Waals surface area contributed by atoms with Crippen LogP contribution in [-0.4, -0.2) is 67.5 Å². The molecule has 0 saturated heterocycles. The number of halogens is 2. The Bertz CT molecular complexity index is 1700. The number of aryl methyl sites for hydroxylation is 1. The van der Waals surface area contributed by atoms with Crippen molar-refractivity contribution in [2.24, 2.45) is 0 Å². The Hall–Kier alpha value is -3.37. The standard InChI is InChI=1S/C35H45ClFN5O4SSi/c1-8-45-33(44)30-28(47-34(39-30)42-20-10-13-25-23(2)31(36)40-41-32(25)42)14-11-21-46-27-16-15-24(22-26(27)37)12-9-18-38-19-17-29(43)48(6,7)35(3,4)5/h15-16,22,38H,8,10-11,13-14,17-21H2,1-7H3. The summed E-state index contributed by atoms with van der Waals surface area (Å²) in [6.45, 7) is 16.5. The van der Waals surface area contributed by atoms with Crippen molar-refractivity contribution >= 4 is 53.3 Å². The minimum atomic E-state index is -2.00. The van der Waals surface area contributed by atoms with E-state index in [0.29, 0.717) is 66.0 Å². The monoisotopic (exact) mass is 713 g/mol. The van der Waals surface area contributed by atoms with Crippen molar-refractivity contribution in [2.75, 3.05) is 37.7 Å². The van der Waals surface area contributed by atoms with E-state index in [0.717, 1.165) is 28.8 Å². The lowest BCUT2D eigenvalue weighted by atomic mass is 10.0. The van der Waals surface area contributed by atoms with Crippen molar-refractivity contribution in [2.45, 2.75) is 84.9 Å². The van der Waals surface area contributed by atoms with Gasteiger partial charge in [-0.25, -0.2) is 14.2 Å². The molecule has 0 aliphatic carbocycles. The maximum absolute atomic E-state index is 14.8. The van der Waals surface area contributed by atoms with E-state index in [-0.39, 0.29) is 29.7 Å². The first-order valence-corrected chi connectivity index (χ1v) is 20.5. The molecule has 1 aromatic carbocycles. The van der Waals surface area contributed by atoms with Gasteiger partial charge in [0.15, 0.2) is 33.4 Å². The van der Waals surface area contributed by atoms with Crippen molar-refractivity contribution in [3.63, 3.8) is 0 Å². The molecule has 48 heavy (non-hydrogen) atoms. The van der Waals surface area contributed by atoms with Crippen LogP contribution in [0.1, 0.15) is 79.0 Å². The number of carbonyl (C=O) groups excluding carboxylic acids is 2. The predicted molar refractivity (Wildman–Crippen MR) is 192 cm³/mol. The zero-order chi connectivity index (χ0) is 35.1. The van der Waals surface area contributed by atoms with Gasteiger partial charge < -0.3 is 24.5 Å². The molecule has 258 valence electrons. The van der Waals surface area contributed by atoms with Gasteiger partial charge in [-0.3, -0.25) is 0 Å². The zero-order valence-electron chi connectivity index (χ0n) is 28.9. The van der Waals surface area contributed by atoms with Crippen LogP contribution in [0.2, 0.25) is 23.3 Å². The second kappa shape index (κ2) is 16.4. The molecule has 0 spiro atoms. The summed E-state index contributed by atoms with van der Waals surface area (Å²) < 4.78 is 25.9. The number of thiazole rings is 1. The number of carbonyl (C=O) groups is 2. The summed E-state index contributed by atoms with van der Waals surface area (Å²) in [5.41, 5.74) is 2.74. The molecule has 1 aliphatic rings. The number of hydrogen-bond donors (Lipinski definition) is 1. The number of anilines is 2. The van der Waals surface area contributed by atoms with Crippen molar-refractivity contribution in [1.82, 2.24) is 20.5 Å². The van der Waals surface area contributed by atoms with E-state index < -0.39 is 19.9 Å². The highest BCUT2D eigenvalue weighted by Gasteiger charge is 2.41. The van der Waals surface area contributed by atoms with Gasteiger partial charge in [0.2, 0.25) is 0 Å². The van der Waals surface area contributed by atoms with Crippen LogP contribution in [0, 0.1) is 24.6 Å². The maximum atomic E-state index is 14.8. The third-order valence-corrected chi connectivity index (χ3v) is 15.9. The number of esters is 1. The van der Waals surface area contributed by atoms with Crippen LogP contribution in [0.15, 0.2) is 18.2 Å². The lowest BCUT2D eigenvalue weighted by Crippen LogP contribution is -2.47. The molecule has 0 radical (unpaired) electrons. The molecule has 1 aliphatic heterocycles. The Morgan fingerprint density at radius 3 is 2.71 bits per heavy atom. The number of aromatic nitrogens is 3. The lowest BCUT2D eigenvalue weighted by molar-refractivity contribution is -0.112. The highest BCUT2D eigenvalue weighted by molar-refractivity contribution is 7.16. The lowest BCUT2D eigenvalue weighted by Gasteiger charge is -2.35. The van der Waals surface area contributed by atoms with Crippen molar-refractivity contribution in [1.29, 1.82) is 0 Å². The van der Waals surface area contributed by atoms with Gasteiger partial charge in [-0.15, -0.1) is 21.5 Å². The molecule has 3 heterocycles. The van der Waals surface area contributed by atoms with E-state index in [1.165, 1.54) is 17.4 Å². The van der Waals surface area contributed by atoms with Gasteiger partial charge in [-0.1, -0.05) is 57.3 Å². The summed E-state index contributed by atoms with van der Waals surface area (Å²) in [6, 6.07) is 4.64. The highest BCUT2D eigenvalue weighted by atomic mass is 35.5. The molecule has 0 fully saturated rings. The Morgan fingerprint density at radius 2 is 2.00 bits per heavy atom. The summed E-state index contributed by atoms with van der Waals surface area (Å²) in [4.78, 5) is 32.9. The molecule has 0 saturated carbocycles. The second-order valence-corrected chi connectivity index (χ2v) is 20.0. The first kappa shape index (κ1) is 37.4. The van der Waals surface area contributed by atoms with E-state index in [1.807, 2.05) is 11.8 Å². The van der Waals surface area contributed by atoms with Crippen LogP contribution in [-0.2, 0) is 22.4 Å². The minimum Gasteiger partial charge on any atom is -0.491 e. The van der Waals surface area contributed by atoms with Crippen molar-refractivity contribution < 1.29 is 23.5 Å². The van der Waals surface area contributed by atoms with E-state index in [9.17, 15) is 14.0 Å². The van der Waals surface area contributed by atoms with Crippen LogP contribution in [0.3, 0.4) is 0 Å². The van der Waals surface area contributed by atoms with Gasteiger partial charge >= 0.3 is 5.97 Å². The molecule has 4 rings (SSSR count). The molecule has 2 aromatic heterocycles. The Kier molecular flexibility index (Phi) is 12.8. The summed E-state index contributed by atoms with van der Waals surface area (Å²) in [5.74, 6) is 5.81. The quantitative estimate of drug-likeness (QED) is 0.0848. The number of benzene rings is 1. The summed E-state index contributed by atoms with van der Waals surface area (Å²) >= 11 is 7.63. The number of rotatable bonds is 13. The summed E-state index contributed by atoms with van der Waals surface area (Å²) in [5, 5.41) is 13.0. The van der Waals surface area contributed by atoms with Gasteiger partial charge in [0, 0.05) is 35.5 Å². The van der Waals surface area contributed by atoms with Gasteiger partial charge in [0.25, 0.3) is 0 Å². The molecule has 0 bridgehead atoms. The SMILES string of the molecule is CCOC(=O)c1nc(N2CCCc3c2nnc(Cl)c3C)sc1CCCOc1ccc(C#CCNCCC(=O)[Si](C)(C)C(C)(C)C)cc1F. The van der Waals surface area contributed by atoms with E-state index in [4.69, 9.17) is 21.1 Å². The number of fused-ring (bicyclic) bond motifs is 1. The van der Waals surface area contributed by atoms with Crippen LogP contribution in [0.25, 0.3) is 0 Å². The highest BCUT2D eigenvalue weighted by Crippen LogP contribution is 2.39. The van der Waals surface area contributed by atoms with Crippen LogP contribution < -0.4 is 15.0 Å². The topological polar surface area (TPSA) is 107 Å². The normalized spacial score (nSPS) is 13.1. The van der Waals surface area contributed by atoms with Gasteiger partial charge in [0.1, 0.15) is 13.5 Å². The Balaban J connectivity index is 1.31. The maximum Gasteiger partial charge on any atom is 0.358 e. The number of nitrogens with zero attached hydrogens (tertiary/aromatic N) is 4. The molecule has 0 amide bonds. The average Bonchev–Trinajstić information content (AvgIpc) is 3.47. The average molecular weight is 714 g/mol. The third kappa shape index (κ3) is 8.99. The fraction of sp³-hybridized carbons (Fsp3) is 0.514. The summed E-state index contributed by atoms with van der Waals surface area (Å²) in [7, 11) is -2.00. The smallest absolute Gasteiger partial charge is 0.358 e. The van der Waals surface area contributed by atoms with Gasteiger partial charge in [-0.2, -0.15) is 0 Å². The molecule has 0 unspecified atom stereocenters.